The average molecular weight is 296 g/mol. The summed E-state index contributed by atoms with van der Waals surface area (Å²) in [6.07, 6.45) is 3.85. The molecule has 1 aliphatic carbocycles. The van der Waals surface area contributed by atoms with E-state index in [-0.39, 0.29) is 17.1 Å². The molecule has 7 heteroatoms. The van der Waals surface area contributed by atoms with Crippen LogP contribution in [-0.2, 0) is 9.53 Å². The van der Waals surface area contributed by atoms with E-state index in [2.05, 4.69) is 9.72 Å². The highest BCUT2D eigenvalue weighted by atomic mass is 32.2. The Bertz CT molecular complexity index is 543. The topological polar surface area (TPSA) is 82.3 Å². The third kappa shape index (κ3) is 3.27. The number of esters is 1. The second-order valence-corrected chi connectivity index (χ2v) is 6.04. The molecular weight excluding hydrogens is 280 g/mol. The molecule has 2 rings (SSSR count). The predicted octanol–water partition coefficient (Wildman–Crippen LogP) is 2.73. The van der Waals surface area contributed by atoms with Crippen molar-refractivity contribution in [1.29, 1.82) is 0 Å². The van der Waals surface area contributed by atoms with Crippen molar-refractivity contribution in [2.45, 2.75) is 31.2 Å². The van der Waals surface area contributed by atoms with Gasteiger partial charge >= 0.3 is 11.7 Å². The normalized spacial score (nSPS) is 15.7. The molecule has 0 aromatic carbocycles. The number of rotatable bonds is 6. The van der Waals surface area contributed by atoms with Gasteiger partial charge in [0.25, 0.3) is 0 Å². The molecule has 0 atom stereocenters. The summed E-state index contributed by atoms with van der Waals surface area (Å²) in [7, 11) is 1.37. The highest BCUT2D eigenvalue weighted by molar-refractivity contribution is 7.99. The summed E-state index contributed by atoms with van der Waals surface area (Å²) in [6, 6.07) is 1.63. The monoisotopic (exact) mass is 296 g/mol. The van der Waals surface area contributed by atoms with Gasteiger partial charge in [-0.1, -0.05) is 11.8 Å². The minimum absolute atomic E-state index is 0.0615. The van der Waals surface area contributed by atoms with Crippen molar-refractivity contribution in [3.63, 3.8) is 0 Å². The number of methoxy groups -OCH3 is 1. The van der Waals surface area contributed by atoms with E-state index in [1.54, 1.807) is 19.2 Å². The van der Waals surface area contributed by atoms with E-state index in [4.69, 9.17) is 0 Å². The van der Waals surface area contributed by atoms with Gasteiger partial charge in [0.15, 0.2) is 5.03 Å². The number of hydrogen-bond donors (Lipinski definition) is 0. The lowest BCUT2D eigenvalue weighted by Gasteiger charge is -2.12. The molecule has 0 radical (unpaired) electrons. The molecular formula is C13H16N2O4S. The van der Waals surface area contributed by atoms with E-state index < -0.39 is 4.92 Å². The van der Waals surface area contributed by atoms with E-state index in [1.165, 1.54) is 18.9 Å². The molecule has 1 heterocycles. The summed E-state index contributed by atoms with van der Waals surface area (Å²) in [4.78, 5) is 26.1. The Morgan fingerprint density at radius 2 is 2.30 bits per heavy atom. The van der Waals surface area contributed by atoms with Crippen LogP contribution in [-0.4, -0.2) is 28.7 Å². The molecule has 1 aliphatic rings. The minimum atomic E-state index is -0.398. The van der Waals surface area contributed by atoms with Crippen LogP contribution in [0.3, 0.4) is 0 Å². The molecule has 1 fully saturated rings. The maximum absolute atomic E-state index is 11.4. The third-order valence-corrected chi connectivity index (χ3v) is 4.82. The van der Waals surface area contributed by atoms with Gasteiger partial charge in [-0.2, -0.15) is 0 Å². The summed E-state index contributed by atoms with van der Waals surface area (Å²) in [5, 5.41) is 11.5. The van der Waals surface area contributed by atoms with E-state index in [1.807, 2.05) is 0 Å². The number of ether oxygens (including phenoxy) is 1. The van der Waals surface area contributed by atoms with Crippen LogP contribution in [0.1, 0.15) is 24.8 Å². The van der Waals surface area contributed by atoms with Gasteiger partial charge in [-0.05, 0) is 31.2 Å². The van der Waals surface area contributed by atoms with Gasteiger partial charge in [-0.15, -0.1) is 0 Å². The molecule has 1 saturated carbocycles. The van der Waals surface area contributed by atoms with Gasteiger partial charge in [-0.3, -0.25) is 14.9 Å². The quantitative estimate of drug-likeness (QED) is 0.347. The summed E-state index contributed by atoms with van der Waals surface area (Å²) in [5.74, 6) is 0.425. The Hall–Kier alpha value is -1.63. The molecule has 0 bridgehead atoms. The number of aromatic nitrogens is 1. The van der Waals surface area contributed by atoms with Crippen LogP contribution in [0.25, 0.3) is 0 Å². The number of thioether (sulfide) groups is 1. The fraction of sp³-hybridized carbons (Fsp3) is 0.538. The van der Waals surface area contributed by atoms with E-state index in [9.17, 15) is 14.9 Å². The summed E-state index contributed by atoms with van der Waals surface area (Å²) < 4.78 is 4.69. The lowest BCUT2D eigenvalue weighted by molar-refractivity contribution is -0.388. The first kappa shape index (κ1) is 14.8. The van der Waals surface area contributed by atoms with Gasteiger partial charge in [0, 0.05) is 17.5 Å². The largest absolute Gasteiger partial charge is 0.469 e. The molecule has 6 nitrogen and oxygen atoms in total. The number of carbonyl (C=O) groups is 1. The zero-order chi connectivity index (χ0) is 14.8. The van der Waals surface area contributed by atoms with Gasteiger partial charge in [0.1, 0.15) is 0 Å². The van der Waals surface area contributed by atoms with Crippen molar-refractivity contribution >= 4 is 23.4 Å². The maximum atomic E-state index is 11.4. The predicted molar refractivity (Wildman–Crippen MR) is 74.7 cm³/mol. The molecule has 0 spiro atoms. The van der Waals surface area contributed by atoms with Crippen molar-refractivity contribution < 1.29 is 14.5 Å². The van der Waals surface area contributed by atoms with Gasteiger partial charge in [-0.25, -0.2) is 4.98 Å². The highest BCUT2D eigenvalue weighted by Gasteiger charge is 2.45. The minimum Gasteiger partial charge on any atom is -0.469 e. The lowest BCUT2D eigenvalue weighted by Crippen LogP contribution is -2.13. The Morgan fingerprint density at radius 1 is 1.60 bits per heavy atom. The smallest absolute Gasteiger partial charge is 0.306 e. The summed E-state index contributed by atoms with van der Waals surface area (Å²) in [5.41, 5.74) is 0.591. The van der Waals surface area contributed by atoms with Crippen LogP contribution in [0.15, 0.2) is 17.3 Å². The Balaban J connectivity index is 2.07. The first-order valence-corrected chi connectivity index (χ1v) is 7.26. The zero-order valence-corrected chi connectivity index (χ0v) is 12.2. The number of nitro groups is 1. The lowest BCUT2D eigenvalue weighted by atomic mass is 10.1. The summed E-state index contributed by atoms with van der Waals surface area (Å²) >= 11 is 1.35. The van der Waals surface area contributed by atoms with Gasteiger partial charge in [0.2, 0.25) is 0 Å². The van der Waals surface area contributed by atoms with E-state index >= 15 is 0 Å². The molecule has 0 N–H and O–H groups in total. The molecule has 0 amide bonds. The second kappa shape index (κ2) is 5.78. The van der Waals surface area contributed by atoms with Crippen molar-refractivity contribution in [2.24, 2.45) is 5.41 Å². The Kier molecular flexibility index (Phi) is 4.27. The molecule has 1 aromatic heterocycles. The number of nitrogens with zero attached hydrogens (tertiary/aromatic N) is 2. The SMILES string of the molecule is COC(=O)CC1(CSc2nccc(C)c2[N+](=O)[O-])CC1. The third-order valence-electron chi connectivity index (χ3n) is 3.49. The van der Waals surface area contributed by atoms with E-state index in [0.717, 1.165) is 12.8 Å². The first-order valence-electron chi connectivity index (χ1n) is 6.27. The van der Waals surface area contributed by atoms with Crippen LogP contribution in [0.5, 0.6) is 0 Å². The van der Waals surface area contributed by atoms with Crippen LogP contribution in [0.2, 0.25) is 0 Å². The van der Waals surface area contributed by atoms with Crippen LogP contribution in [0.4, 0.5) is 5.69 Å². The van der Waals surface area contributed by atoms with Crippen molar-refractivity contribution in [2.75, 3.05) is 12.9 Å². The van der Waals surface area contributed by atoms with Crippen LogP contribution < -0.4 is 0 Å². The van der Waals surface area contributed by atoms with Crippen LogP contribution >= 0.6 is 11.8 Å². The Labute approximate surface area is 121 Å². The average Bonchev–Trinajstić information content (AvgIpc) is 3.16. The van der Waals surface area contributed by atoms with Crippen molar-refractivity contribution in [1.82, 2.24) is 4.98 Å². The number of hydrogen-bond acceptors (Lipinski definition) is 6. The van der Waals surface area contributed by atoms with E-state index in [0.29, 0.717) is 22.8 Å². The van der Waals surface area contributed by atoms with Crippen LogP contribution in [0, 0.1) is 22.5 Å². The Morgan fingerprint density at radius 3 is 2.85 bits per heavy atom. The standard InChI is InChI=1S/C13H16N2O4S/c1-9-3-6-14-12(11(9)15(17)18)20-8-13(4-5-13)7-10(16)19-2/h3,6H,4-5,7-8H2,1-2H3. The highest BCUT2D eigenvalue weighted by Crippen LogP contribution is 2.52. The van der Waals surface area contributed by atoms with Crippen molar-refractivity contribution in [3.8, 4) is 0 Å². The number of aryl methyl sites for hydroxylation is 1. The maximum Gasteiger partial charge on any atom is 0.306 e. The molecule has 20 heavy (non-hydrogen) atoms. The molecule has 108 valence electrons. The van der Waals surface area contributed by atoms with Crippen molar-refractivity contribution in [3.05, 3.63) is 27.9 Å². The zero-order valence-electron chi connectivity index (χ0n) is 11.4. The molecule has 1 aromatic rings. The number of carbonyl (C=O) groups excluding carboxylic acids is 1. The fourth-order valence-electron chi connectivity index (χ4n) is 2.00. The molecule has 0 saturated heterocycles. The first-order chi connectivity index (χ1) is 9.47. The fourth-order valence-corrected chi connectivity index (χ4v) is 3.34. The molecule has 0 aliphatic heterocycles. The molecule has 0 unspecified atom stereocenters. The summed E-state index contributed by atoms with van der Waals surface area (Å²) in [6.45, 7) is 1.70. The van der Waals surface area contributed by atoms with Gasteiger partial charge < -0.3 is 4.74 Å². The number of pyridine rings is 1. The van der Waals surface area contributed by atoms with Gasteiger partial charge in [0.05, 0.1) is 18.5 Å². The second-order valence-electron chi connectivity index (χ2n) is 5.08.